The molecule has 1 fully saturated rings. The SMILES string of the molecule is CCC1(CC)CCN(c2cc3[nH]ncc3cc2N)CC1. The molecule has 0 amide bonds. The number of fused-ring (bicyclic) bond motifs is 1. The van der Waals surface area contributed by atoms with Crippen LogP contribution in [0.5, 0.6) is 0 Å². The molecule has 0 unspecified atom stereocenters. The van der Waals surface area contributed by atoms with E-state index in [2.05, 4.69) is 35.0 Å². The summed E-state index contributed by atoms with van der Waals surface area (Å²) in [7, 11) is 0. The quantitative estimate of drug-likeness (QED) is 0.840. The Morgan fingerprint density at radius 2 is 1.95 bits per heavy atom. The first-order chi connectivity index (χ1) is 9.67. The third-order valence-electron chi connectivity index (χ3n) is 5.25. The van der Waals surface area contributed by atoms with Crippen LogP contribution in [-0.4, -0.2) is 23.3 Å². The monoisotopic (exact) mass is 272 g/mol. The summed E-state index contributed by atoms with van der Waals surface area (Å²) in [6.07, 6.45) is 6.92. The maximum atomic E-state index is 6.23. The van der Waals surface area contributed by atoms with Gasteiger partial charge in [-0.2, -0.15) is 5.10 Å². The van der Waals surface area contributed by atoms with Crippen LogP contribution in [0.1, 0.15) is 39.5 Å². The lowest BCUT2D eigenvalue weighted by atomic mass is 9.74. The van der Waals surface area contributed by atoms with E-state index in [0.29, 0.717) is 5.41 Å². The Labute approximate surface area is 120 Å². The molecule has 4 nitrogen and oxygen atoms in total. The minimum Gasteiger partial charge on any atom is -0.397 e. The van der Waals surface area contributed by atoms with E-state index in [1.807, 2.05) is 12.3 Å². The zero-order valence-corrected chi connectivity index (χ0v) is 12.4. The largest absolute Gasteiger partial charge is 0.397 e. The Balaban J connectivity index is 1.84. The average molecular weight is 272 g/mol. The van der Waals surface area contributed by atoms with Crippen LogP contribution >= 0.6 is 0 Å². The number of anilines is 2. The predicted octanol–water partition coefficient (Wildman–Crippen LogP) is 3.55. The fraction of sp³-hybridized carbons (Fsp3) is 0.562. The van der Waals surface area contributed by atoms with Crippen molar-refractivity contribution in [2.75, 3.05) is 23.7 Å². The van der Waals surface area contributed by atoms with Crippen molar-refractivity contribution < 1.29 is 0 Å². The molecule has 4 heteroatoms. The van der Waals surface area contributed by atoms with Crippen molar-refractivity contribution in [3.8, 4) is 0 Å². The van der Waals surface area contributed by atoms with Gasteiger partial charge in [0.05, 0.1) is 23.1 Å². The molecule has 0 radical (unpaired) electrons. The van der Waals surface area contributed by atoms with Crippen LogP contribution in [0.15, 0.2) is 18.3 Å². The first-order valence-electron chi connectivity index (χ1n) is 7.65. The Hall–Kier alpha value is -1.71. The molecule has 2 heterocycles. The summed E-state index contributed by atoms with van der Waals surface area (Å²) >= 11 is 0. The second-order valence-corrected chi connectivity index (χ2v) is 6.06. The number of piperidine rings is 1. The van der Waals surface area contributed by atoms with Gasteiger partial charge >= 0.3 is 0 Å². The number of nitrogen functional groups attached to an aromatic ring is 1. The summed E-state index contributed by atoms with van der Waals surface area (Å²) in [4.78, 5) is 2.43. The number of rotatable bonds is 3. The predicted molar refractivity (Wildman–Crippen MR) is 85.0 cm³/mol. The van der Waals surface area contributed by atoms with Crippen LogP contribution in [0.3, 0.4) is 0 Å². The molecule has 1 aliphatic rings. The van der Waals surface area contributed by atoms with Crippen molar-refractivity contribution in [3.63, 3.8) is 0 Å². The fourth-order valence-corrected chi connectivity index (χ4v) is 3.45. The molecule has 1 saturated heterocycles. The van der Waals surface area contributed by atoms with Crippen molar-refractivity contribution in [1.82, 2.24) is 10.2 Å². The van der Waals surface area contributed by atoms with Crippen LogP contribution in [0.25, 0.3) is 10.9 Å². The highest BCUT2D eigenvalue weighted by Gasteiger charge is 2.31. The van der Waals surface area contributed by atoms with E-state index in [-0.39, 0.29) is 0 Å². The van der Waals surface area contributed by atoms with Crippen LogP contribution < -0.4 is 10.6 Å². The fourth-order valence-electron chi connectivity index (χ4n) is 3.45. The molecular formula is C16H24N4. The Kier molecular flexibility index (Phi) is 3.32. The molecule has 3 N–H and O–H groups in total. The average Bonchev–Trinajstić information content (AvgIpc) is 2.94. The van der Waals surface area contributed by atoms with Crippen LogP contribution in [0.4, 0.5) is 11.4 Å². The Bertz CT molecular complexity index is 588. The number of benzene rings is 1. The van der Waals surface area contributed by atoms with Gasteiger partial charge in [0.15, 0.2) is 0 Å². The minimum absolute atomic E-state index is 0.545. The summed E-state index contributed by atoms with van der Waals surface area (Å²) in [6, 6.07) is 4.16. The van der Waals surface area contributed by atoms with Gasteiger partial charge in [-0.15, -0.1) is 0 Å². The number of aromatic nitrogens is 2. The van der Waals surface area contributed by atoms with E-state index >= 15 is 0 Å². The number of hydrogen-bond acceptors (Lipinski definition) is 3. The van der Waals surface area contributed by atoms with Gasteiger partial charge in [-0.1, -0.05) is 26.7 Å². The molecule has 0 atom stereocenters. The van der Waals surface area contributed by atoms with Crippen LogP contribution in [0.2, 0.25) is 0 Å². The zero-order valence-electron chi connectivity index (χ0n) is 12.4. The maximum Gasteiger partial charge on any atom is 0.0672 e. The van der Waals surface area contributed by atoms with Crippen molar-refractivity contribution in [3.05, 3.63) is 18.3 Å². The van der Waals surface area contributed by atoms with E-state index in [9.17, 15) is 0 Å². The van der Waals surface area contributed by atoms with Gasteiger partial charge in [0.25, 0.3) is 0 Å². The molecule has 0 saturated carbocycles. The van der Waals surface area contributed by atoms with Gasteiger partial charge in [0.2, 0.25) is 0 Å². The standard InChI is InChI=1S/C16H24N4/c1-3-16(4-2)5-7-20(8-6-16)15-10-14-12(9-13(15)17)11-18-19-14/h9-11H,3-8,17H2,1-2H3,(H,18,19). The first kappa shape index (κ1) is 13.3. The number of aromatic amines is 1. The van der Waals surface area contributed by atoms with Crippen molar-refractivity contribution >= 4 is 22.3 Å². The number of H-pyrrole nitrogens is 1. The lowest BCUT2D eigenvalue weighted by Crippen LogP contribution is -2.39. The summed E-state index contributed by atoms with van der Waals surface area (Å²) in [5.74, 6) is 0. The van der Waals surface area contributed by atoms with Gasteiger partial charge in [-0.05, 0) is 30.4 Å². The summed E-state index contributed by atoms with van der Waals surface area (Å²) in [6.45, 7) is 6.85. The lowest BCUT2D eigenvalue weighted by Gasteiger charge is -2.42. The van der Waals surface area contributed by atoms with Crippen molar-refractivity contribution in [1.29, 1.82) is 0 Å². The third-order valence-corrected chi connectivity index (χ3v) is 5.25. The third kappa shape index (κ3) is 2.13. The van der Waals surface area contributed by atoms with Gasteiger partial charge in [-0.3, -0.25) is 5.10 Å². The number of nitrogens with one attached hydrogen (secondary N) is 1. The van der Waals surface area contributed by atoms with E-state index in [4.69, 9.17) is 5.73 Å². The summed E-state index contributed by atoms with van der Waals surface area (Å²) in [5, 5.41) is 8.19. The Morgan fingerprint density at radius 3 is 2.60 bits per heavy atom. The van der Waals surface area contributed by atoms with Crippen molar-refractivity contribution in [2.45, 2.75) is 39.5 Å². The second kappa shape index (κ2) is 5.00. The number of hydrogen-bond donors (Lipinski definition) is 2. The zero-order chi connectivity index (χ0) is 14.2. The minimum atomic E-state index is 0.545. The molecule has 108 valence electrons. The van der Waals surface area contributed by atoms with Crippen molar-refractivity contribution in [2.24, 2.45) is 5.41 Å². The maximum absolute atomic E-state index is 6.23. The molecular weight excluding hydrogens is 248 g/mol. The molecule has 1 aromatic carbocycles. The van der Waals surface area contributed by atoms with Crippen LogP contribution in [-0.2, 0) is 0 Å². The summed E-state index contributed by atoms with van der Waals surface area (Å²) < 4.78 is 0. The van der Waals surface area contributed by atoms with Gasteiger partial charge in [-0.25, -0.2) is 0 Å². The molecule has 0 aliphatic carbocycles. The molecule has 1 aliphatic heterocycles. The van der Waals surface area contributed by atoms with E-state index in [1.54, 1.807) is 0 Å². The lowest BCUT2D eigenvalue weighted by molar-refractivity contribution is 0.199. The van der Waals surface area contributed by atoms with Gasteiger partial charge < -0.3 is 10.6 Å². The number of nitrogens with two attached hydrogens (primary N) is 1. The molecule has 1 aromatic heterocycles. The second-order valence-electron chi connectivity index (χ2n) is 6.06. The molecule has 0 spiro atoms. The molecule has 3 rings (SSSR count). The highest BCUT2D eigenvalue weighted by atomic mass is 15.2. The molecule has 20 heavy (non-hydrogen) atoms. The highest BCUT2D eigenvalue weighted by molar-refractivity contribution is 5.88. The smallest absolute Gasteiger partial charge is 0.0672 e. The topological polar surface area (TPSA) is 57.9 Å². The first-order valence-corrected chi connectivity index (χ1v) is 7.65. The van der Waals surface area contributed by atoms with Gasteiger partial charge in [0, 0.05) is 18.5 Å². The summed E-state index contributed by atoms with van der Waals surface area (Å²) in [5.41, 5.74) is 9.85. The Morgan fingerprint density at radius 1 is 1.25 bits per heavy atom. The van der Waals surface area contributed by atoms with Crippen LogP contribution in [0, 0.1) is 5.41 Å². The van der Waals surface area contributed by atoms with E-state index < -0.39 is 0 Å². The van der Waals surface area contributed by atoms with E-state index in [0.717, 1.165) is 35.4 Å². The van der Waals surface area contributed by atoms with E-state index in [1.165, 1.54) is 25.7 Å². The molecule has 2 aromatic rings. The molecule has 0 bridgehead atoms. The highest BCUT2D eigenvalue weighted by Crippen LogP contribution is 2.40. The van der Waals surface area contributed by atoms with Gasteiger partial charge in [0.1, 0.15) is 0 Å². The number of nitrogens with zero attached hydrogens (tertiary/aromatic N) is 2. The normalized spacial score (nSPS) is 18.6.